The molecule has 5 heteroatoms. The molecule has 120 valence electrons. The van der Waals surface area contributed by atoms with Gasteiger partial charge in [-0.05, 0) is 5.56 Å². The van der Waals surface area contributed by atoms with Crippen LogP contribution in [-0.2, 0) is 9.59 Å². The van der Waals surface area contributed by atoms with Crippen molar-refractivity contribution in [3.63, 3.8) is 0 Å². The minimum absolute atomic E-state index is 0.183. The maximum atomic E-state index is 12.8. The zero-order chi connectivity index (χ0) is 17.1. The number of rotatable bonds is 5. The van der Waals surface area contributed by atoms with Crippen LogP contribution < -0.4 is 0 Å². The van der Waals surface area contributed by atoms with Crippen LogP contribution in [0, 0.1) is 0 Å². The number of benzene rings is 2. The molecule has 0 aliphatic carbocycles. The molecule has 0 saturated carbocycles. The van der Waals surface area contributed by atoms with Gasteiger partial charge in [-0.1, -0.05) is 76.6 Å². The summed E-state index contributed by atoms with van der Waals surface area (Å²) >= 11 is 3.42. The number of halogens is 1. The third-order valence-electron chi connectivity index (χ3n) is 3.85. The zero-order valence-corrected chi connectivity index (χ0v) is 14.2. The van der Waals surface area contributed by atoms with Crippen LogP contribution in [0.25, 0.3) is 0 Å². The standard InChI is InChI=1S/C19H14BrNO3/c20-17(19(24)14-9-5-2-6-10-14)18(13-7-3-1-4-8-13)21-15(22)11-12-16(21)23/h1-12,17-18H/t17-,18-/m1/s1. The molecule has 0 fully saturated rings. The third kappa shape index (κ3) is 3.08. The van der Waals surface area contributed by atoms with Crippen molar-refractivity contribution < 1.29 is 14.4 Å². The number of hydrogen-bond acceptors (Lipinski definition) is 3. The largest absolute Gasteiger partial charge is 0.293 e. The summed E-state index contributed by atoms with van der Waals surface area (Å²) in [7, 11) is 0. The van der Waals surface area contributed by atoms with Gasteiger partial charge in [-0.3, -0.25) is 19.3 Å². The SMILES string of the molecule is O=C(c1ccccc1)[C@H](Br)[C@@H](c1ccccc1)N1C(=O)C=CC1=O. The van der Waals surface area contributed by atoms with E-state index < -0.39 is 22.7 Å². The molecular formula is C19H14BrNO3. The fraction of sp³-hybridized carbons (Fsp3) is 0.105. The summed E-state index contributed by atoms with van der Waals surface area (Å²) in [6, 6.07) is 17.2. The molecule has 1 aliphatic rings. The first-order chi connectivity index (χ1) is 11.6. The van der Waals surface area contributed by atoms with E-state index in [0.29, 0.717) is 11.1 Å². The molecule has 3 rings (SSSR count). The molecule has 1 aliphatic heterocycles. The van der Waals surface area contributed by atoms with Gasteiger partial charge in [0.2, 0.25) is 0 Å². The summed E-state index contributed by atoms with van der Waals surface area (Å²) < 4.78 is 0. The molecule has 2 amide bonds. The van der Waals surface area contributed by atoms with Crippen LogP contribution in [0.2, 0.25) is 0 Å². The van der Waals surface area contributed by atoms with Gasteiger partial charge in [0.15, 0.2) is 5.78 Å². The van der Waals surface area contributed by atoms with Gasteiger partial charge in [0.1, 0.15) is 4.83 Å². The van der Waals surface area contributed by atoms with E-state index in [-0.39, 0.29) is 5.78 Å². The highest BCUT2D eigenvalue weighted by molar-refractivity contribution is 9.10. The first-order valence-corrected chi connectivity index (χ1v) is 8.34. The summed E-state index contributed by atoms with van der Waals surface area (Å²) in [5.74, 6) is -1.02. The van der Waals surface area contributed by atoms with Gasteiger partial charge < -0.3 is 0 Å². The van der Waals surface area contributed by atoms with E-state index in [4.69, 9.17) is 0 Å². The van der Waals surface area contributed by atoms with Crippen LogP contribution in [0.4, 0.5) is 0 Å². The fourth-order valence-corrected chi connectivity index (χ4v) is 3.50. The van der Waals surface area contributed by atoms with Gasteiger partial charge in [0.25, 0.3) is 11.8 Å². The monoisotopic (exact) mass is 383 g/mol. The molecule has 4 nitrogen and oxygen atoms in total. The lowest BCUT2D eigenvalue weighted by atomic mass is 9.96. The lowest BCUT2D eigenvalue weighted by Crippen LogP contribution is -2.41. The Morgan fingerprint density at radius 1 is 0.833 bits per heavy atom. The second-order valence-corrected chi connectivity index (χ2v) is 6.35. The molecule has 2 aromatic rings. The number of amides is 2. The molecule has 0 aromatic heterocycles. The Morgan fingerprint density at radius 3 is 1.88 bits per heavy atom. The number of carbonyl (C=O) groups is 3. The van der Waals surface area contributed by atoms with Crippen LogP contribution in [-0.4, -0.2) is 27.3 Å². The van der Waals surface area contributed by atoms with E-state index in [9.17, 15) is 14.4 Å². The summed E-state index contributed by atoms with van der Waals surface area (Å²) in [5.41, 5.74) is 1.24. The number of Topliss-reactive ketones (excluding diaryl/α,β-unsaturated/α-hetero) is 1. The second kappa shape index (κ2) is 6.93. The van der Waals surface area contributed by atoms with Crippen molar-refractivity contribution in [2.75, 3.05) is 0 Å². The molecule has 2 aromatic carbocycles. The molecule has 2 atom stereocenters. The number of hydrogen-bond donors (Lipinski definition) is 0. The molecule has 0 N–H and O–H groups in total. The first-order valence-electron chi connectivity index (χ1n) is 7.43. The molecule has 0 unspecified atom stereocenters. The van der Waals surface area contributed by atoms with Crippen molar-refractivity contribution in [3.05, 3.63) is 83.9 Å². The molecular weight excluding hydrogens is 370 g/mol. The number of carbonyl (C=O) groups excluding carboxylic acids is 3. The lowest BCUT2D eigenvalue weighted by Gasteiger charge is -2.30. The van der Waals surface area contributed by atoms with Crippen LogP contribution >= 0.6 is 15.9 Å². The van der Waals surface area contributed by atoms with Crippen LogP contribution in [0.5, 0.6) is 0 Å². The van der Waals surface area contributed by atoms with Gasteiger partial charge >= 0.3 is 0 Å². The Balaban J connectivity index is 2.00. The average Bonchev–Trinajstić information content (AvgIpc) is 2.95. The maximum Gasteiger partial charge on any atom is 0.254 e. The van der Waals surface area contributed by atoms with E-state index in [1.165, 1.54) is 12.2 Å². The third-order valence-corrected chi connectivity index (χ3v) is 4.77. The normalized spacial score (nSPS) is 16.3. The van der Waals surface area contributed by atoms with Crippen molar-refractivity contribution in [3.8, 4) is 0 Å². The van der Waals surface area contributed by atoms with Gasteiger partial charge in [-0.15, -0.1) is 0 Å². The van der Waals surface area contributed by atoms with Crippen molar-refractivity contribution in [2.45, 2.75) is 10.9 Å². The van der Waals surface area contributed by atoms with E-state index in [1.54, 1.807) is 36.4 Å². The summed E-state index contributed by atoms with van der Waals surface area (Å²) in [5, 5.41) is 0. The number of ketones is 1. The highest BCUT2D eigenvalue weighted by Gasteiger charge is 2.39. The minimum atomic E-state index is -0.741. The van der Waals surface area contributed by atoms with Crippen molar-refractivity contribution >= 4 is 33.5 Å². The number of nitrogens with zero attached hydrogens (tertiary/aromatic N) is 1. The van der Waals surface area contributed by atoms with Gasteiger partial charge in [0, 0.05) is 17.7 Å². The Labute approximate surface area is 147 Å². The summed E-state index contributed by atoms with van der Waals surface area (Å²) in [4.78, 5) is 37.5. The summed E-state index contributed by atoms with van der Waals surface area (Å²) in [6.07, 6.45) is 2.45. The van der Waals surface area contributed by atoms with E-state index in [1.807, 2.05) is 24.3 Å². The molecule has 0 radical (unpaired) electrons. The molecule has 0 spiro atoms. The Kier molecular flexibility index (Phi) is 4.71. The fourth-order valence-electron chi connectivity index (χ4n) is 2.69. The van der Waals surface area contributed by atoms with Crippen LogP contribution in [0.1, 0.15) is 22.0 Å². The first kappa shape index (κ1) is 16.3. The summed E-state index contributed by atoms with van der Waals surface area (Å²) in [6.45, 7) is 0. The van der Waals surface area contributed by atoms with Crippen molar-refractivity contribution in [1.29, 1.82) is 0 Å². The quantitative estimate of drug-likeness (QED) is 0.452. The van der Waals surface area contributed by atoms with E-state index in [0.717, 1.165) is 4.90 Å². The number of alkyl halides is 1. The Bertz CT molecular complexity index is 784. The van der Waals surface area contributed by atoms with E-state index >= 15 is 0 Å². The molecule has 0 bridgehead atoms. The van der Waals surface area contributed by atoms with Gasteiger partial charge in [-0.2, -0.15) is 0 Å². The molecule has 0 saturated heterocycles. The predicted molar refractivity (Wildman–Crippen MR) is 93.7 cm³/mol. The average molecular weight is 384 g/mol. The van der Waals surface area contributed by atoms with Crippen LogP contribution in [0.15, 0.2) is 72.8 Å². The Morgan fingerprint density at radius 2 is 1.33 bits per heavy atom. The molecule has 24 heavy (non-hydrogen) atoms. The highest BCUT2D eigenvalue weighted by atomic mass is 79.9. The second-order valence-electron chi connectivity index (χ2n) is 5.37. The van der Waals surface area contributed by atoms with Gasteiger partial charge in [0.05, 0.1) is 6.04 Å². The maximum absolute atomic E-state index is 12.8. The molecule has 1 heterocycles. The van der Waals surface area contributed by atoms with Crippen LogP contribution in [0.3, 0.4) is 0 Å². The highest BCUT2D eigenvalue weighted by Crippen LogP contribution is 2.33. The van der Waals surface area contributed by atoms with Gasteiger partial charge in [-0.25, -0.2) is 0 Å². The zero-order valence-electron chi connectivity index (χ0n) is 12.6. The van der Waals surface area contributed by atoms with E-state index in [2.05, 4.69) is 15.9 Å². The Hall–Kier alpha value is -2.53. The minimum Gasteiger partial charge on any atom is -0.293 e. The lowest BCUT2D eigenvalue weighted by molar-refractivity contribution is -0.139. The van der Waals surface area contributed by atoms with Crippen molar-refractivity contribution in [2.24, 2.45) is 0 Å². The smallest absolute Gasteiger partial charge is 0.254 e. The number of imide groups is 1. The topological polar surface area (TPSA) is 54.5 Å². The predicted octanol–water partition coefficient (Wildman–Crippen LogP) is 3.30. The van der Waals surface area contributed by atoms with Crippen molar-refractivity contribution in [1.82, 2.24) is 4.90 Å².